The molecule has 0 aliphatic carbocycles. The number of hydrogen-bond acceptors (Lipinski definition) is 2. The first-order valence-corrected chi connectivity index (χ1v) is 6.03. The van der Waals surface area contributed by atoms with E-state index in [4.69, 9.17) is 0 Å². The van der Waals surface area contributed by atoms with Gasteiger partial charge in [0.25, 0.3) is 0 Å². The fourth-order valence-corrected chi connectivity index (χ4v) is 2.22. The van der Waals surface area contributed by atoms with Crippen LogP contribution in [0.25, 0.3) is 0 Å². The predicted molar refractivity (Wildman–Crippen MR) is 69.9 cm³/mol. The van der Waals surface area contributed by atoms with Crippen molar-refractivity contribution in [3.05, 3.63) is 0 Å². The lowest BCUT2D eigenvalue weighted by Gasteiger charge is -2.36. The summed E-state index contributed by atoms with van der Waals surface area (Å²) in [6.45, 7) is 9.59. The average Bonchev–Trinajstić information content (AvgIpc) is 2.10. The highest BCUT2D eigenvalue weighted by Gasteiger charge is 2.28. The van der Waals surface area contributed by atoms with Crippen LogP contribution in [0, 0.1) is 11.8 Å². The molecule has 1 saturated heterocycles. The van der Waals surface area contributed by atoms with Crippen molar-refractivity contribution in [2.24, 2.45) is 11.8 Å². The third-order valence-electron chi connectivity index (χ3n) is 3.14. The average molecular weight is 249 g/mol. The van der Waals surface area contributed by atoms with Gasteiger partial charge in [-0.15, -0.1) is 12.4 Å². The summed E-state index contributed by atoms with van der Waals surface area (Å²) in [7, 11) is 0. The molecule has 2 N–H and O–H groups in total. The van der Waals surface area contributed by atoms with Crippen LogP contribution in [0.5, 0.6) is 0 Å². The van der Waals surface area contributed by atoms with Gasteiger partial charge in [0.1, 0.15) is 0 Å². The van der Waals surface area contributed by atoms with E-state index in [2.05, 4.69) is 38.3 Å². The van der Waals surface area contributed by atoms with Crippen LogP contribution in [0.15, 0.2) is 0 Å². The lowest BCUT2D eigenvalue weighted by atomic mass is 9.89. The van der Waals surface area contributed by atoms with Crippen molar-refractivity contribution >= 4 is 18.3 Å². The van der Waals surface area contributed by atoms with Crippen LogP contribution in [0.4, 0.5) is 0 Å². The molecule has 1 aliphatic heterocycles. The molecule has 16 heavy (non-hydrogen) atoms. The van der Waals surface area contributed by atoms with E-state index >= 15 is 0 Å². The topological polar surface area (TPSA) is 41.1 Å². The fourth-order valence-electron chi connectivity index (χ4n) is 2.22. The maximum absolute atomic E-state index is 11.7. The normalized spacial score (nSPS) is 29.7. The van der Waals surface area contributed by atoms with Gasteiger partial charge in [0.15, 0.2) is 0 Å². The quantitative estimate of drug-likeness (QED) is 0.802. The third kappa shape index (κ3) is 4.71. The Hall–Kier alpha value is -0.280. The van der Waals surface area contributed by atoms with E-state index in [1.807, 2.05) is 0 Å². The largest absolute Gasteiger partial charge is 0.352 e. The Morgan fingerprint density at radius 1 is 1.44 bits per heavy atom. The van der Waals surface area contributed by atoms with E-state index in [-0.39, 0.29) is 18.3 Å². The smallest absolute Gasteiger partial charge is 0.220 e. The molecule has 0 radical (unpaired) electrons. The highest BCUT2D eigenvalue weighted by atomic mass is 35.5. The van der Waals surface area contributed by atoms with Gasteiger partial charge in [0.05, 0.1) is 0 Å². The molecule has 3 atom stereocenters. The second-order valence-corrected chi connectivity index (χ2v) is 5.20. The van der Waals surface area contributed by atoms with E-state index < -0.39 is 0 Å². The second kappa shape index (κ2) is 7.13. The number of hydrogen-bond donors (Lipinski definition) is 2. The lowest BCUT2D eigenvalue weighted by Crippen LogP contribution is -2.56. The highest BCUT2D eigenvalue weighted by Crippen LogP contribution is 2.16. The van der Waals surface area contributed by atoms with Gasteiger partial charge in [0.2, 0.25) is 5.91 Å². The standard InChI is InChI=1S/C12H24N2O.ClH/c1-8(2)7-11(15)14-12-9(3)5-6-13-10(12)4;/h8-10,12-13H,5-7H2,1-4H3,(H,14,15);1H. The Kier molecular flexibility index (Phi) is 7.00. The minimum absolute atomic E-state index is 0. The predicted octanol–water partition coefficient (Wildman–Crippen LogP) is 1.96. The molecule has 96 valence electrons. The van der Waals surface area contributed by atoms with Crippen molar-refractivity contribution in [3.63, 3.8) is 0 Å². The van der Waals surface area contributed by atoms with Crippen molar-refractivity contribution in [2.45, 2.75) is 52.6 Å². The maximum atomic E-state index is 11.7. The number of carbonyl (C=O) groups excluding carboxylic acids is 1. The first kappa shape index (κ1) is 15.7. The van der Waals surface area contributed by atoms with Crippen molar-refractivity contribution in [1.82, 2.24) is 10.6 Å². The molecule has 0 aromatic carbocycles. The van der Waals surface area contributed by atoms with Crippen molar-refractivity contribution in [3.8, 4) is 0 Å². The molecule has 4 heteroatoms. The van der Waals surface area contributed by atoms with Gasteiger partial charge in [-0.05, 0) is 31.7 Å². The number of carbonyl (C=O) groups is 1. The van der Waals surface area contributed by atoms with E-state index in [1.165, 1.54) is 0 Å². The molecule has 0 aromatic heterocycles. The summed E-state index contributed by atoms with van der Waals surface area (Å²) in [5, 5.41) is 6.55. The minimum Gasteiger partial charge on any atom is -0.352 e. The molecule has 3 unspecified atom stereocenters. The van der Waals surface area contributed by atoms with Gasteiger partial charge in [0, 0.05) is 18.5 Å². The van der Waals surface area contributed by atoms with Crippen molar-refractivity contribution in [1.29, 1.82) is 0 Å². The van der Waals surface area contributed by atoms with E-state index in [0.29, 0.717) is 30.3 Å². The molecule has 3 nitrogen and oxygen atoms in total. The molecule has 0 spiro atoms. The van der Waals surface area contributed by atoms with Crippen LogP contribution in [-0.4, -0.2) is 24.5 Å². The summed E-state index contributed by atoms with van der Waals surface area (Å²) in [5.41, 5.74) is 0. The van der Waals surface area contributed by atoms with Gasteiger partial charge in [-0.25, -0.2) is 0 Å². The number of amides is 1. The summed E-state index contributed by atoms with van der Waals surface area (Å²) >= 11 is 0. The highest BCUT2D eigenvalue weighted by molar-refractivity contribution is 5.85. The molecule has 1 amide bonds. The van der Waals surface area contributed by atoms with Gasteiger partial charge in [-0.1, -0.05) is 20.8 Å². The monoisotopic (exact) mass is 248 g/mol. The van der Waals surface area contributed by atoms with Crippen LogP contribution in [0.3, 0.4) is 0 Å². The van der Waals surface area contributed by atoms with Crippen molar-refractivity contribution < 1.29 is 4.79 Å². The SMILES string of the molecule is CC(C)CC(=O)NC1C(C)CCNC1C.Cl. The molecule has 1 aliphatic rings. The number of nitrogens with one attached hydrogen (secondary N) is 2. The van der Waals surface area contributed by atoms with Crippen molar-refractivity contribution in [2.75, 3.05) is 6.54 Å². The number of rotatable bonds is 3. The molecular weight excluding hydrogens is 224 g/mol. The Bertz CT molecular complexity index is 211. The Morgan fingerprint density at radius 2 is 2.06 bits per heavy atom. The third-order valence-corrected chi connectivity index (χ3v) is 3.14. The zero-order valence-corrected chi connectivity index (χ0v) is 11.6. The summed E-state index contributed by atoms with van der Waals surface area (Å²) in [4.78, 5) is 11.7. The maximum Gasteiger partial charge on any atom is 0.220 e. The Morgan fingerprint density at radius 3 is 2.56 bits per heavy atom. The molecular formula is C12H25ClN2O. The molecule has 0 bridgehead atoms. The molecule has 0 saturated carbocycles. The van der Waals surface area contributed by atoms with E-state index in [9.17, 15) is 4.79 Å². The lowest BCUT2D eigenvalue weighted by molar-refractivity contribution is -0.123. The van der Waals surface area contributed by atoms with Crippen LogP contribution in [0.2, 0.25) is 0 Å². The van der Waals surface area contributed by atoms with E-state index in [0.717, 1.165) is 13.0 Å². The minimum atomic E-state index is 0. The zero-order valence-electron chi connectivity index (χ0n) is 10.7. The van der Waals surface area contributed by atoms with E-state index in [1.54, 1.807) is 0 Å². The zero-order chi connectivity index (χ0) is 11.4. The number of piperidine rings is 1. The molecule has 1 heterocycles. The summed E-state index contributed by atoms with van der Waals surface area (Å²) in [6.07, 6.45) is 1.78. The Balaban J connectivity index is 0.00000225. The van der Waals surface area contributed by atoms with Crippen LogP contribution in [0.1, 0.15) is 40.5 Å². The molecule has 1 fully saturated rings. The fraction of sp³-hybridized carbons (Fsp3) is 0.917. The van der Waals surface area contributed by atoms with Gasteiger partial charge in [-0.3, -0.25) is 4.79 Å². The summed E-state index contributed by atoms with van der Waals surface area (Å²) in [6, 6.07) is 0.690. The molecule has 0 aromatic rings. The second-order valence-electron chi connectivity index (χ2n) is 5.20. The first-order valence-electron chi connectivity index (χ1n) is 6.03. The molecule has 1 rings (SSSR count). The van der Waals surface area contributed by atoms with Gasteiger partial charge in [-0.2, -0.15) is 0 Å². The number of halogens is 1. The van der Waals surface area contributed by atoms with Crippen LogP contribution in [-0.2, 0) is 4.79 Å². The summed E-state index contributed by atoms with van der Waals surface area (Å²) in [5.74, 6) is 1.21. The first-order chi connectivity index (χ1) is 7.00. The van der Waals surface area contributed by atoms with Gasteiger partial charge < -0.3 is 10.6 Å². The Labute approximate surface area is 105 Å². The van der Waals surface area contributed by atoms with Crippen LogP contribution >= 0.6 is 12.4 Å². The summed E-state index contributed by atoms with van der Waals surface area (Å²) < 4.78 is 0. The van der Waals surface area contributed by atoms with Crippen LogP contribution < -0.4 is 10.6 Å². The van der Waals surface area contributed by atoms with Gasteiger partial charge >= 0.3 is 0 Å².